The smallest absolute Gasteiger partial charge is 0.356 e. The fraction of sp³-hybridized carbons (Fsp3) is 0.562. The molecule has 1 rings (SSSR count). The zero-order valence-corrected chi connectivity index (χ0v) is 17.4. The summed E-state index contributed by atoms with van der Waals surface area (Å²) in [5.74, 6) is -0.435. The van der Waals surface area contributed by atoms with E-state index in [2.05, 4.69) is 48.5 Å². The van der Waals surface area contributed by atoms with Crippen molar-refractivity contribution in [2.45, 2.75) is 38.9 Å². The summed E-state index contributed by atoms with van der Waals surface area (Å²) < 4.78 is 19.0. The molecule has 138 valence electrons. The van der Waals surface area contributed by atoms with Crippen molar-refractivity contribution in [2.75, 3.05) is 19.3 Å². The van der Waals surface area contributed by atoms with E-state index in [-0.39, 0.29) is 5.04 Å². The topological polar surface area (TPSA) is 79.5 Å². The molecule has 0 aliphatic carbocycles. The highest BCUT2D eigenvalue weighted by molar-refractivity contribution is 8.00. The number of thiol groups is 1. The monoisotopic (exact) mass is 373 g/mol. The third-order valence-corrected chi connectivity index (χ3v) is 12.7. The Morgan fingerprint density at radius 1 is 1.17 bits per heavy atom. The molecule has 0 unspecified atom stereocenters. The third-order valence-electron chi connectivity index (χ3n) is 4.18. The summed E-state index contributed by atoms with van der Waals surface area (Å²) in [6, 6.07) is 8.76. The molecule has 0 aliphatic rings. The van der Waals surface area contributed by atoms with Crippen molar-refractivity contribution in [1.82, 2.24) is 14.6 Å². The van der Waals surface area contributed by atoms with Crippen molar-refractivity contribution in [1.29, 1.82) is 0 Å². The zero-order chi connectivity index (χ0) is 18.4. The second-order valence-electron chi connectivity index (χ2n) is 7.47. The van der Waals surface area contributed by atoms with Gasteiger partial charge in [0.05, 0.1) is 5.56 Å². The number of hydrogen-bond donors (Lipinski definition) is 4. The van der Waals surface area contributed by atoms with Crippen molar-refractivity contribution >= 4 is 24.5 Å². The lowest BCUT2D eigenvalue weighted by molar-refractivity contribution is 0.0260. The van der Waals surface area contributed by atoms with Gasteiger partial charge in [0.1, 0.15) is 8.24 Å². The van der Waals surface area contributed by atoms with Crippen molar-refractivity contribution in [3.05, 3.63) is 35.9 Å². The molecule has 0 radical (unpaired) electrons. The Bertz CT molecular complexity index is 588. The van der Waals surface area contributed by atoms with Crippen LogP contribution in [0.1, 0.15) is 31.1 Å². The molecule has 0 saturated heterocycles. The highest BCUT2D eigenvalue weighted by Gasteiger charge is 2.37. The first-order valence-electron chi connectivity index (χ1n) is 8.06. The summed E-state index contributed by atoms with van der Waals surface area (Å²) >= 11 is 0. The lowest BCUT2D eigenvalue weighted by atomic mass is 10.2. The minimum absolute atomic E-state index is 0.101. The van der Waals surface area contributed by atoms with Crippen LogP contribution in [-0.2, 0) is 15.1 Å². The van der Waals surface area contributed by atoms with E-state index in [1.54, 1.807) is 30.5 Å². The van der Waals surface area contributed by atoms with Gasteiger partial charge in [-0.15, -0.1) is 0 Å². The standard InChI is InChI=1S/C16H31N3O3SSi/c1-16(2,3)24(5,6)19-23(4,21)18-13-12-17-22-15(20)14-10-8-7-9-11-14/h7-11,17,23H,12-13H2,1-6H3,(H2,18,19,21). The van der Waals surface area contributed by atoms with E-state index in [4.69, 9.17) is 4.84 Å². The molecule has 3 N–H and O–H groups in total. The molecule has 0 spiro atoms. The van der Waals surface area contributed by atoms with Crippen molar-refractivity contribution < 1.29 is 13.8 Å². The number of rotatable bonds is 8. The number of hydroxylamine groups is 1. The molecule has 0 amide bonds. The fourth-order valence-electron chi connectivity index (χ4n) is 1.81. The molecule has 0 bridgehead atoms. The predicted molar refractivity (Wildman–Crippen MR) is 104 cm³/mol. The van der Waals surface area contributed by atoms with Crippen LogP contribution in [0.25, 0.3) is 0 Å². The molecule has 0 heterocycles. The van der Waals surface area contributed by atoms with Gasteiger partial charge >= 0.3 is 5.97 Å². The predicted octanol–water partition coefficient (Wildman–Crippen LogP) is 2.01. The van der Waals surface area contributed by atoms with Crippen LogP contribution >= 0.6 is 0 Å². The van der Waals surface area contributed by atoms with Gasteiger partial charge < -0.3 is 4.84 Å². The fourth-order valence-corrected chi connectivity index (χ4v) is 8.27. The Morgan fingerprint density at radius 3 is 2.29 bits per heavy atom. The molecule has 24 heavy (non-hydrogen) atoms. The van der Waals surface area contributed by atoms with E-state index in [0.717, 1.165) is 0 Å². The molecule has 1 aromatic rings. The highest BCUT2D eigenvalue weighted by Crippen LogP contribution is 2.34. The van der Waals surface area contributed by atoms with Gasteiger partial charge in [0.15, 0.2) is 0 Å². The maximum Gasteiger partial charge on any atom is 0.356 e. The molecular weight excluding hydrogens is 342 g/mol. The largest absolute Gasteiger partial charge is 0.367 e. The van der Waals surface area contributed by atoms with Gasteiger partial charge in [0, 0.05) is 19.3 Å². The van der Waals surface area contributed by atoms with Gasteiger partial charge in [-0.25, -0.2) is 9.52 Å². The van der Waals surface area contributed by atoms with Crippen molar-refractivity contribution in [2.24, 2.45) is 0 Å². The molecule has 1 aromatic carbocycles. The lowest BCUT2D eigenvalue weighted by Gasteiger charge is -2.41. The van der Waals surface area contributed by atoms with Gasteiger partial charge in [-0.05, 0) is 27.5 Å². The Hall–Kier alpha value is -1.06. The van der Waals surface area contributed by atoms with Crippen LogP contribution in [-0.4, -0.2) is 37.8 Å². The summed E-state index contributed by atoms with van der Waals surface area (Å²) in [5.41, 5.74) is 3.08. The Kier molecular flexibility index (Phi) is 7.30. The molecule has 0 saturated carbocycles. The van der Waals surface area contributed by atoms with E-state index < -0.39 is 24.5 Å². The number of carbonyl (C=O) groups excluding carboxylic acids is 1. The van der Waals surface area contributed by atoms with Crippen molar-refractivity contribution in [3.8, 4) is 0 Å². The lowest BCUT2D eigenvalue weighted by Crippen LogP contribution is -2.60. The van der Waals surface area contributed by atoms with E-state index in [9.17, 15) is 9.00 Å². The average Bonchev–Trinajstić information content (AvgIpc) is 2.45. The average molecular weight is 374 g/mol. The van der Waals surface area contributed by atoms with E-state index in [1.807, 2.05) is 6.07 Å². The molecule has 0 atom stereocenters. The second-order valence-corrected chi connectivity index (χ2v) is 15.3. The quantitative estimate of drug-likeness (QED) is 0.243. The molecular formula is C16H31N3O3SSi. The second kappa shape index (κ2) is 8.35. The van der Waals surface area contributed by atoms with E-state index in [0.29, 0.717) is 18.7 Å². The van der Waals surface area contributed by atoms with Crippen LogP contribution in [0.15, 0.2) is 30.3 Å². The molecule has 8 heteroatoms. The molecule has 6 nitrogen and oxygen atoms in total. The Balaban J connectivity index is 2.34. The van der Waals surface area contributed by atoms with Crippen LogP contribution in [0.2, 0.25) is 18.1 Å². The zero-order valence-electron chi connectivity index (χ0n) is 15.5. The number of nitrogens with one attached hydrogen (secondary N) is 3. The number of carbonyl (C=O) groups is 1. The van der Waals surface area contributed by atoms with Crippen LogP contribution in [0.4, 0.5) is 0 Å². The normalized spacial score (nSPS) is 13.6. The van der Waals surface area contributed by atoms with Crippen LogP contribution in [0.5, 0.6) is 0 Å². The maximum atomic E-state index is 12.7. The van der Waals surface area contributed by atoms with Crippen LogP contribution in [0, 0.1) is 0 Å². The Morgan fingerprint density at radius 2 is 1.75 bits per heavy atom. The summed E-state index contributed by atoms with van der Waals surface area (Å²) in [4.78, 5) is 16.7. The molecule has 0 aliphatic heterocycles. The third kappa shape index (κ3) is 6.82. The van der Waals surface area contributed by atoms with Gasteiger partial charge in [-0.2, -0.15) is 5.48 Å². The van der Waals surface area contributed by atoms with Gasteiger partial charge in [-0.1, -0.05) is 52.1 Å². The van der Waals surface area contributed by atoms with Gasteiger partial charge in [0.2, 0.25) is 0 Å². The van der Waals surface area contributed by atoms with Gasteiger partial charge in [0.25, 0.3) is 0 Å². The number of benzene rings is 1. The van der Waals surface area contributed by atoms with Crippen LogP contribution < -0.4 is 14.6 Å². The Labute approximate surface area is 147 Å². The molecule has 0 aromatic heterocycles. The van der Waals surface area contributed by atoms with Crippen LogP contribution in [0.3, 0.4) is 0 Å². The minimum atomic E-state index is -2.65. The first-order valence-corrected chi connectivity index (χ1v) is 13.2. The maximum absolute atomic E-state index is 12.7. The number of hydrogen-bond acceptors (Lipinski definition) is 4. The first-order chi connectivity index (χ1) is 10.9. The summed E-state index contributed by atoms with van der Waals surface area (Å²) in [7, 11) is -4.50. The first kappa shape index (κ1) is 21.0. The summed E-state index contributed by atoms with van der Waals surface area (Å²) in [6.45, 7) is 11.6. The summed E-state index contributed by atoms with van der Waals surface area (Å²) in [6.07, 6.45) is 1.70. The summed E-state index contributed by atoms with van der Waals surface area (Å²) in [5, 5.41) is 0.101. The van der Waals surface area contributed by atoms with Gasteiger partial charge in [-0.3, -0.25) is 8.60 Å². The van der Waals surface area contributed by atoms with E-state index in [1.165, 1.54) is 0 Å². The minimum Gasteiger partial charge on any atom is -0.367 e. The van der Waals surface area contributed by atoms with E-state index >= 15 is 0 Å². The SMILES string of the molecule is CC(C)(C)[Si](C)(C)N[SH](C)(=O)NCCNOC(=O)c1ccccc1. The van der Waals surface area contributed by atoms with Crippen molar-refractivity contribution in [3.63, 3.8) is 0 Å². The highest BCUT2D eigenvalue weighted by atomic mass is 32.3. The molecule has 0 fully saturated rings.